The van der Waals surface area contributed by atoms with E-state index in [4.69, 9.17) is 0 Å². The normalized spacial score (nSPS) is 16.3. The van der Waals surface area contributed by atoms with Gasteiger partial charge >= 0.3 is 5.76 Å². The van der Waals surface area contributed by atoms with Crippen molar-refractivity contribution < 1.29 is 22.0 Å². The average Bonchev–Trinajstić information content (AvgIpc) is 2.59. The van der Waals surface area contributed by atoms with Crippen LogP contribution in [0, 0.1) is 0 Å². The molecule has 1 amide bonds. The van der Waals surface area contributed by atoms with E-state index in [9.17, 15) is 22.0 Å². The predicted molar refractivity (Wildman–Crippen MR) is 85.9 cm³/mol. The number of hydrogen-bond donors (Lipinski definition) is 2. The summed E-state index contributed by atoms with van der Waals surface area (Å²) in [6.45, 7) is 5.33. The molecule has 0 aliphatic carbocycles. The zero-order valence-corrected chi connectivity index (χ0v) is 14.0. The highest BCUT2D eigenvalue weighted by molar-refractivity contribution is 7.91. The van der Waals surface area contributed by atoms with Crippen molar-refractivity contribution in [1.82, 2.24) is 15.5 Å². The molecule has 0 spiro atoms. The summed E-state index contributed by atoms with van der Waals surface area (Å²) in [6.07, 6.45) is 0.809. The Morgan fingerprint density at radius 3 is 2.42 bits per heavy atom. The molecule has 0 aromatic heterocycles. The lowest BCUT2D eigenvalue weighted by atomic mass is 10.2. The third-order valence-corrected chi connectivity index (χ3v) is 5.22. The first kappa shape index (κ1) is 18.8. The number of sulfone groups is 1. The summed E-state index contributed by atoms with van der Waals surface area (Å²) in [7, 11) is -4.63. The van der Waals surface area contributed by atoms with Crippen molar-refractivity contribution >= 4 is 15.7 Å². The second-order valence-corrected chi connectivity index (χ2v) is 7.45. The van der Waals surface area contributed by atoms with Gasteiger partial charge in [-0.05, 0) is 37.2 Å². The molecule has 1 fully saturated rings. The van der Waals surface area contributed by atoms with Gasteiger partial charge in [-0.15, -0.1) is 0 Å². The Balaban J connectivity index is 1.80. The third-order valence-electron chi connectivity index (χ3n) is 3.83. The minimum absolute atomic E-state index is 0.241. The van der Waals surface area contributed by atoms with Crippen LogP contribution in [0.4, 0.5) is 8.78 Å². The van der Waals surface area contributed by atoms with E-state index in [-0.39, 0.29) is 11.5 Å². The van der Waals surface area contributed by atoms with E-state index in [0.717, 1.165) is 51.3 Å². The van der Waals surface area contributed by atoms with Crippen LogP contribution in [-0.2, 0) is 9.84 Å². The van der Waals surface area contributed by atoms with E-state index in [1.54, 1.807) is 0 Å². The molecule has 1 aliphatic rings. The van der Waals surface area contributed by atoms with Gasteiger partial charge in [0.2, 0.25) is 9.84 Å². The van der Waals surface area contributed by atoms with Crippen LogP contribution in [0.2, 0.25) is 0 Å². The number of halogens is 2. The topological polar surface area (TPSA) is 78.5 Å². The number of piperazine rings is 1. The largest absolute Gasteiger partial charge is 0.352 e. The fourth-order valence-corrected chi connectivity index (χ4v) is 3.16. The average molecular weight is 361 g/mol. The van der Waals surface area contributed by atoms with Crippen molar-refractivity contribution in [2.75, 3.05) is 39.3 Å². The first-order valence-corrected chi connectivity index (χ1v) is 9.29. The molecule has 24 heavy (non-hydrogen) atoms. The minimum atomic E-state index is -4.63. The summed E-state index contributed by atoms with van der Waals surface area (Å²) in [4.78, 5) is 13.8. The molecule has 2 N–H and O–H groups in total. The van der Waals surface area contributed by atoms with Gasteiger partial charge in [-0.1, -0.05) is 0 Å². The molecule has 1 saturated heterocycles. The van der Waals surface area contributed by atoms with Gasteiger partial charge in [0, 0.05) is 38.3 Å². The summed E-state index contributed by atoms with van der Waals surface area (Å²) < 4.78 is 47.5. The number of amides is 1. The second kappa shape index (κ2) is 8.50. The van der Waals surface area contributed by atoms with Crippen LogP contribution in [0.15, 0.2) is 29.2 Å². The molecular weight excluding hydrogens is 340 g/mol. The fourth-order valence-electron chi connectivity index (χ4n) is 2.44. The molecule has 0 saturated carbocycles. The molecule has 0 bridgehead atoms. The number of nitrogens with zero attached hydrogens (tertiary/aromatic N) is 1. The maximum atomic E-state index is 12.4. The van der Waals surface area contributed by atoms with Gasteiger partial charge in [-0.3, -0.25) is 4.79 Å². The van der Waals surface area contributed by atoms with Crippen molar-refractivity contribution in [3.8, 4) is 0 Å². The van der Waals surface area contributed by atoms with Crippen LogP contribution in [0.3, 0.4) is 0 Å². The Hall–Kier alpha value is -1.58. The van der Waals surface area contributed by atoms with E-state index >= 15 is 0 Å². The number of benzene rings is 1. The quantitative estimate of drug-likeness (QED) is 0.700. The highest BCUT2D eigenvalue weighted by atomic mass is 32.2. The van der Waals surface area contributed by atoms with Gasteiger partial charge < -0.3 is 15.5 Å². The molecule has 2 rings (SSSR count). The van der Waals surface area contributed by atoms with Crippen molar-refractivity contribution in [2.24, 2.45) is 0 Å². The first-order valence-electron chi connectivity index (χ1n) is 7.74. The summed E-state index contributed by atoms with van der Waals surface area (Å²) in [5, 5.41) is 6.01. The third kappa shape index (κ3) is 4.96. The molecule has 6 nitrogen and oxygen atoms in total. The molecule has 1 aromatic carbocycles. The Labute approximate surface area is 140 Å². The fraction of sp³-hybridized carbons (Fsp3) is 0.533. The van der Waals surface area contributed by atoms with Gasteiger partial charge in [-0.2, -0.15) is 8.78 Å². The van der Waals surface area contributed by atoms with E-state index in [1.807, 2.05) is 0 Å². The zero-order valence-electron chi connectivity index (χ0n) is 13.2. The first-order chi connectivity index (χ1) is 11.4. The number of rotatable bonds is 7. The predicted octanol–water partition coefficient (Wildman–Crippen LogP) is 0.708. The summed E-state index contributed by atoms with van der Waals surface area (Å²) in [6, 6.07) is 4.52. The lowest BCUT2D eigenvalue weighted by Crippen LogP contribution is -2.44. The van der Waals surface area contributed by atoms with Crippen LogP contribution in [0.25, 0.3) is 0 Å². The zero-order chi connectivity index (χ0) is 17.6. The van der Waals surface area contributed by atoms with Gasteiger partial charge in [0.05, 0.1) is 4.90 Å². The lowest BCUT2D eigenvalue weighted by Gasteiger charge is -2.27. The van der Waals surface area contributed by atoms with Crippen LogP contribution >= 0.6 is 0 Å². The lowest BCUT2D eigenvalue weighted by molar-refractivity contribution is 0.0951. The molecule has 134 valence electrons. The molecule has 1 aliphatic heterocycles. The molecule has 1 aromatic rings. The monoisotopic (exact) mass is 361 g/mol. The molecule has 0 unspecified atom stereocenters. The second-order valence-electron chi connectivity index (χ2n) is 5.53. The standard InChI is InChI=1S/C15H21F2N3O3S/c16-15(17)24(22,23)13-4-2-12(3-5-13)14(21)19-6-1-9-20-10-7-18-8-11-20/h2-5,15,18H,1,6-11H2,(H,19,21). The van der Waals surface area contributed by atoms with Crippen LogP contribution in [-0.4, -0.2) is 64.3 Å². The number of carbonyl (C=O) groups excluding carboxylic acids is 1. The van der Waals surface area contributed by atoms with Gasteiger partial charge in [0.1, 0.15) is 0 Å². The SMILES string of the molecule is O=C(NCCCN1CCNCC1)c1ccc(S(=O)(=O)C(F)F)cc1. The van der Waals surface area contributed by atoms with Crippen molar-refractivity contribution in [2.45, 2.75) is 17.1 Å². The Morgan fingerprint density at radius 2 is 1.83 bits per heavy atom. The van der Waals surface area contributed by atoms with Gasteiger partial charge in [-0.25, -0.2) is 8.42 Å². The highest BCUT2D eigenvalue weighted by Crippen LogP contribution is 2.18. The Morgan fingerprint density at radius 1 is 1.21 bits per heavy atom. The van der Waals surface area contributed by atoms with Gasteiger partial charge in [0.25, 0.3) is 5.91 Å². The van der Waals surface area contributed by atoms with Crippen molar-refractivity contribution in [1.29, 1.82) is 0 Å². The summed E-state index contributed by atoms with van der Waals surface area (Å²) in [5.41, 5.74) is 0.241. The summed E-state index contributed by atoms with van der Waals surface area (Å²) in [5.74, 6) is -3.82. The van der Waals surface area contributed by atoms with Crippen LogP contribution < -0.4 is 10.6 Å². The Kier molecular flexibility index (Phi) is 6.64. The molecule has 1 heterocycles. The number of carbonyl (C=O) groups is 1. The Bertz CT molecular complexity index is 644. The number of alkyl halides is 2. The van der Waals surface area contributed by atoms with Crippen LogP contribution in [0.1, 0.15) is 16.8 Å². The molecular formula is C15H21F2N3O3S. The summed E-state index contributed by atoms with van der Waals surface area (Å²) >= 11 is 0. The van der Waals surface area contributed by atoms with E-state index in [1.165, 1.54) is 12.1 Å². The highest BCUT2D eigenvalue weighted by Gasteiger charge is 2.26. The van der Waals surface area contributed by atoms with Crippen molar-refractivity contribution in [3.05, 3.63) is 29.8 Å². The molecule has 0 radical (unpaired) electrons. The van der Waals surface area contributed by atoms with Crippen LogP contribution in [0.5, 0.6) is 0 Å². The van der Waals surface area contributed by atoms with Gasteiger partial charge in [0.15, 0.2) is 0 Å². The maximum Gasteiger partial charge on any atom is 0.341 e. The smallest absolute Gasteiger partial charge is 0.341 e. The molecule has 0 atom stereocenters. The maximum absolute atomic E-state index is 12.4. The van der Waals surface area contributed by atoms with E-state index in [2.05, 4.69) is 15.5 Å². The number of hydrogen-bond acceptors (Lipinski definition) is 5. The number of nitrogens with one attached hydrogen (secondary N) is 2. The van der Waals surface area contributed by atoms with E-state index in [0.29, 0.717) is 6.54 Å². The van der Waals surface area contributed by atoms with E-state index < -0.39 is 20.5 Å². The molecule has 9 heteroatoms. The van der Waals surface area contributed by atoms with Crippen molar-refractivity contribution in [3.63, 3.8) is 0 Å². The minimum Gasteiger partial charge on any atom is -0.352 e.